The lowest BCUT2D eigenvalue weighted by molar-refractivity contribution is -0.150. The summed E-state index contributed by atoms with van der Waals surface area (Å²) in [5.74, 6) is -2.86. The Bertz CT molecular complexity index is 1200. The number of hydrogen-bond acceptors (Lipinski definition) is 5. The zero-order valence-corrected chi connectivity index (χ0v) is 21.7. The van der Waals surface area contributed by atoms with Gasteiger partial charge in [0.05, 0.1) is 18.2 Å². The second-order valence-corrected chi connectivity index (χ2v) is 9.44. The van der Waals surface area contributed by atoms with E-state index in [2.05, 4.69) is 18.3 Å². The quantitative estimate of drug-likeness (QED) is 0.338. The van der Waals surface area contributed by atoms with Gasteiger partial charge in [0.2, 0.25) is 11.8 Å². The Kier molecular flexibility index (Phi) is 10.6. The van der Waals surface area contributed by atoms with E-state index in [4.69, 9.17) is 5.73 Å². The van der Waals surface area contributed by atoms with Gasteiger partial charge in [0.25, 0.3) is 0 Å². The molecule has 38 heavy (non-hydrogen) atoms. The molecule has 4 N–H and O–H groups in total. The number of nitrogens with one attached hydrogen (secondary N) is 1. The Morgan fingerprint density at radius 3 is 2.16 bits per heavy atom. The van der Waals surface area contributed by atoms with Gasteiger partial charge in [-0.2, -0.15) is 0 Å². The molecule has 8 heteroatoms. The molecule has 0 aliphatic rings. The van der Waals surface area contributed by atoms with E-state index >= 15 is 0 Å². The number of benzene rings is 3. The molecule has 0 fully saturated rings. The van der Waals surface area contributed by atoms with E-state index in [-0.39, 0.29) is 24.9 Å². The third-order valence-electron chi connectivity index (χ3n) is 6.42. The van der Waals surface area contributed by atoms with Crippen LogP contribution >= 0.6 is 0 Å². The number of rotatable bonds is 12. The van der Waals surface area contributed by atoms with E-state index in [9.17, 15) is 23.5 Å². The van der Waals surface area contributed by atoms with Crippen LogP contribution in [0.5, 0.6) is 0 Å². The van der Waals surface area contributed by atoms with Crippen LogP contribution in [0.2, 0.25) is 0 Å². The zero-order valence-electron chi connectivity index (χ0n) is 21.7. The highest BCUT2D eigenvalue weighted by Gasteiger charge is 2.35. The molecule has 6 nitrogen and oxygen atoms in total. The van der Waals surface area contributed by atoms with Crippen molar-refractivity contribution in [3.63, 3.8) is 0 Å². The van der Waals surface area contributed by atoms with Gasteiger partial charge < -0.3 is 16.2 Å². The average Bonchev–Trinajstić information content (AvgIpc) is 2.88. The fourth-order valence-electron chi connectivity index (χ4n) is 4.52. The van der Waals surface area contributed by atoms with Crippen molar-refractivity contribution in [1.29, 1.82) is 0 Å². The maximum Gasteiger partial charge on any atom is 0.246 e. The molecule has 0 aliphatic heterocycles. The molecule has 0 unspecified atom stereocenters. The summed E-state index contributed by atoms with van der Waals surface area (Å²) in [5, 5.41) is 14.4. The molecule has 0 saturated heterocycles. The lowest BCUT2D eigenvalue weighted by Crippen LogP contribution is -2.57. The maximum atomic E-state index is 13.9. The fourth-order valence-corrected chi connectivity index (χ4v) is 4.52. The van der Waals surface area contributed by atoms with Crippen LogP contribution < -0.4 is 11.1 Å². The molecule has 0 aliphatic carbocycles. The number of hydrogen-bond donors (Lipinski definition) is 3. The van der Waals surface area contributed by atoms with Gasteiger partial charge in [-0.3, -0.25) is 14.5 Å². The number of carbonyl (C=O) groups excluding carboxylic acids is 2. The van der Waals surface area contributed by atoms with Gasteiger partial charge >= 0.3 is 0 Å². The number of aliphatic hydroxyl groups excluding tert-OH is 1. The highest BCUT2D eigenvalue weighted by atomic mass is 19.1. The van der Waals surface area contributed by atoms with E-state index in [0.717, 1.165) is 40.6 Å². The highest BCUT2D eigenvalue weighted by Crippen LogP contribution is 2.18. The molecule has 0 saturated carbocycles. The number of carbonyl (C=O) groups is 2. The largest absolute Gasteiger partial charge is 0.390 e. The van der Waals surface area contributed by atoms with E-state index in [0.29, 0.717) is 6.54 Å². The molecule has 3 rings (SSSR count). The Labute approximate surface area is 222 Å². The van der Waals surface area contributed by atoms with Crippen LogP contribution in [0.25, 0.3) is 0 Å². The van der Waals surface area contributed by atoms with Gasteiger partial charge in [0.1, 0.15) is 11.6 Å². The first-order chi connectivity index (χ1) is 18.2. The van der Waals surface area contributed by atoms with E-state index in [1.165, 1.54) is 12.5 Å². The van der Waals surface area contributed by atoms with Crippen molar-refractivity contribution in [1.82, 2.24) is 10.2 Å². The minimum Gasteiger partial charge on any atom is -0.390 e. The number of amides is 2. The zero-order chi connectivity index (χ0) is 27.7. The summed E-state index contributed by atoms with van der Waals surface area (Å²) in [6, 6.07) is 18.0. The van der Waals surface area contributed by atoms with Crippen molar-refractivity contribution in [3.05, 3.63) is 107 Å². The Morgan fingerprint density at radius 1 is 0.895 bits per heavy atom. The van der Waals surface area contributed by atoms with Crippen molar-refractivity contribution in [2.45, 2.75) is 57.8 Å². The summed E-state index contributed by atoms with van der Waals surface area (Å²) in [7, 11) is 0. The van der Waals surface area contributed by atoms with Crippen molar-refractivity contribution in [2.24, 2.45) is 5.73 Å². The normalized spacial score (nSPS) is 13.5. The molecule has 0 heterocycles. The van der Waals surface area contributed by atoms with Crippen LogP contribution in [0.4, 0.5) is 8.78 Å². The van der Waals surface area contributed by atoms with E-state index in [1.807, 2.05) is 48.5 Å². The molecule has 3 aromatic carbocycles. The maximum absolute atomic E-state index is 13.9. The van der Waals surface area contributed by atoms with Gasteiger partial charge in [0.15, 0.2) is 0 Å². The van der Waals surface area contributed by atoms with Gasteiger partial charge in [-0.1, -0.05) is 61.5 Å². The molecule has 3 atom stereocenters. The molecule has 0 spiro atoms. The predicted octanol–water partition coefficient (Wildman–Crippen LogP) is 3.53. The van der Waals surface area contributed by atoms with E-state index < -0.39 is 41.6 Å². The molecule has 202 valence electrons. The van der Waals surface area contributed by atoms with Crippen molar-refractivity contribution < 1.29 is 23.5 Å². The molecule has 2 amide bonds. The third kappa shape index (κ3) is 8.28. The number of imide groups is 1. The van der Waals surface area contributed by atoms with Gasteiger partial charge in [-0.25, -0.2) is 8.78 Å². The third-order valence-corrected chi connectivity index (χ3v) is 6.42. The number of nitrogens with two attached hydrogens (primary N) is 1. The smallest absolute Gasteiger partial charge is 0.246 e. The number of aliphatic hydroxyl groups is 1. The van der Waals surface area contributed by atoms with Crippen molar-refractivity contribution in [2.75, 3.05) is 6.54 Å². The van der Waals surface area contributed by atoms with Crippen molar-refractivity contribution >= 4 is 11.8 Å². The Hall–Kier alpha value is -3.46. The molecule has 0 bridgehead atoms. The first kappa shape index (κ1) is 29.1. The second-order valence-electron chi connectivity index (χ2n) is 9.44. The SMILES string of the molecule is CCc1cccc(CNC[C@@H](O)[C@H](Cc2cc(F)cc(F)c2)N(C(C)=O)C(=O)[C@H](N)Cc2ccccc2)c1. The summed E-state index contributed by atoms with van der Waals surface area (Å²) >= 11 is 0. The summed E-state index contributed by atoms with van der Waals surface area (Å²) in [4.78, 5) is 27.1. The minimum absolute atomic E-state index is 0.0315. The van der Waals surface area contributed by atoms with Crippen LogP contribution in [-0.4, -0.2) is 46.6 Å². The van der Waals surface area contributed by atoms with E-state index in [1.54, 1.807) is 0 Å². The fraction of sp³-hybridized carbons (Fsp3) is 0.333. The molecule has 3 aromatic rings. The first-order valence-corrected chi connectivity index (χ1v) is 12.7. The lowest BCUT2D eigenvalue weighted by atomic mass is 9.97. The summed E-state index contributed by atoms with van der Waals surface area (Å²) < 4.78 is 27.9. The van der Waals surface area contributed by atoms with Crippen LogP contribution in [0.1, 0.15) is 36.1 Å². The van der Waals surface area contributed by atoms with Crippen molar-refractivity contribution in [3.8, 4) is 0 Å². The van der Waals surface area contributed by atoms with Crippen LogP contribution in [-0.2, 0) is 35.4 Å². The Balaban J connectivity index is 1.82. The number of nitrogens with zero attached hydrogens (tertiary/aromatic N) is 1. The van der Waals surface area contributed by atoms with Crippen LogP contribution in [0.3, 0.4) is 0 Å². The molecular weight excluding hydrogens is 488 g/mol. The van der Waals surface area contributed by atoms with Crippen LogP contribution in [0, 0.1) is 11.6 Å². The average molecular weight is 524 g/mol. The second kappa shape index (κ2) is 13.9. The minimum atomic E-state index is -1.23. The summed E-state index contributed by atoms with van der Waals surface area (Å²) in [6.45, 7) is 3.76. The van der Waals surface area contributed by atoms with Gasteiger partial charge in [-0.05, 0) is 53.6 Å². The molecular formula is C30H35F2N3O3. The molecule has 0 aromatic heterocycles. The first-order valence-electron chi connectivity index (χ1n) is 12.7. The Morgan fingerprint density at radius 2 is 1.53 bits per heavy atom. The molecule has 0 radical (unpaired) electrons. The standard InChI is InChI=1S/C30H35F2N3O3/c1-3-21-10-7-11-23(12-21)18-34-19-29(37)28(16-24-13-25(31)17-26(32)14-24)35(20(2)36)30(38)27(33)15-22-8-5-4-6-9-22/h4-14,17,27-29,34,37H,3,15-16,18-19,33H2,1-2H3/t27-,28+,29-/m1/s1. The number of halogens is 2. The summed E-state index contributed by atoms with van der Waals surface area (Å²) in [6.07, 6.45) is -0.298. The van der Waals surface area contributed by atoms with Gasteiger partial charge in [-0.15, -0.1) is 0 Å². The van der Waals surface area contributed by atoms with Gasteiger partial charge in [0, 0.05) is 26.1 Å². The summed E-state index contributed by atoms with van der Waals surface area (Å²) in [5.41, 5.74) is 9.43. The lowest BCUT2D eigenvalue weighted by Gasteiger charge is -2.34. The predicted molar refractivity (Wildman–Crippen MR) is 143 cm³/mol. The monoisotopic (exact) mass is 523 g/mol. The topological polar surface area (TPSA) is 95.7 Å². The highest BCUT2D eigenvalue weighted by molar-refractivity contribution is 5.97. The number of aryl methyl sites for hydroxylation is 1. The van der Waals surface area contributed by atoms with Crippen LogP contribution in [0.15, 0.2) is 72.8 Å².